The number of ether oxygens (including phenoxy) is 1. The molecule has 0 spiro atoms. The standard InChI is InChI=1S/C20H28N2O3/c1-3-19(23)21-17-11-8-16(9-12-17)10-13-20(24)22-14-6-5-7-18(22)15-25-4-2/h3,8-9,11-12,18H,1,4-7,10,13-15H2,2H3,(H,21,23). The molecule has 0 radical (unpaired) electrons. The number of nitrogens with zero attached hydrogens (tertiary/aromatic N) is 1. The summed E-state index contributed by atoms with van der Waals surface area (Å²) in [4.78, 5) is 25.9. The molecule has 0 aliphatic carbocycles. The number of rotatable bonds is 8. The highest BCUT2D eigenvalue weighted by Crippen LogP contribution is 2.19. The lowest BCUT2D eigenvalue weighted by molar-refractivity contribution is -0.136. The topological polar surface area (TPSA) is 58.6 Å². The van der Waals surface area contributed by atoms with Gasteiger partial charge in [-0.3, -0.25) is 9.59 Å². The van der Waals surface area contributed by atoms with E-state index in [1.165, 1.54) is 12.5 Å². The van der Waals surface area contributed by atoms with Crippen molar-refractivity contribution in [1.29, 1.82) is 0 Å². The molecule has 0 saturated carbocycles. The van der Waals surface area contributed by atoms with Gasteiger partial charge in [-0.2, -0.15) is 0 Å². The minimum absolute atomic E-state index is 0.202. The second kappa shape index (κ2) is 9.99. The molecule has 136 valence electrons. The van der Waals surface area contributed by atoms with E-state index < -0.39 is 0 Å². The Kier molecular flexibility index (Phi) is 7.67. The second-order valence-electron chi connectivity index (χ2n) is 6.29. The smallest absolute Gasteiger partial charge is 0.247 e. The molecule has 0 aromatic heterocycles. The van der Waals surface area contributed by atoms with Crippen LogP contribution >= 0.6 is 0 Å². The Balaban J connectivity index is 1.85. The number of likely N-dealkylation sites (tertiary alicyclic amines) is 1. The Hall–Kier alpha value is -2.14. The van der Waals surface area contributed by atoms with Crippen LogP contribution in [0.1, 0.15) is 38.2 Å². The van der Waals surface area contributed by atoms with Crippen molar-refractivity contribution in [2.45, 2.75) is 45.1 Å². The molecule has 1 atom stereocenters. The van der Waals surface area contributed by atoms with Crippen LogP contribution in [0.15, 0.2) is 36.9 Å². The first kappa shape index (κ1) is 19.2. The third-order valence-electron chi connectivity index (χ3n) is 4.50. The summed E-state index contributed by atoms with van der Waals surface area (Å²) in [5.41, 5.74) is 1.82. The van der Waals surface area contributed by atoms with Gasteiger partial charge < -0.3 is 15.0 Å². The van der Waals surface area contributed by atoms with Gasteiger partial charge in [0.15, 0.2) is 0 Å². The summed E-state index contributed by atoms with van der Waals surface area (Å²) in [7, 11) is 0. The fraction of sp³-hybridized carbons (Fsp3) is 0.500. The zero-order valence-electron chi connectivity index (χ0n) is 15.0. The normalized spacial score (nSPS) is 17.2. The lowest BCUT2D eigenvalue weighted by atomic mass is 10.0. The van der Waals surface area contributed by atoms with Gasteiger partial charge in [0, 0.05) is 25.3 Å². The minimum Gasteiger partial charge on any atom is -0.380 e. The average Bonchev–Trinajstić information content (AvgIpc) is 2.65. The van der Waals surface area contributed by atoms with Gasteiger partial charge in [0.25, 0.3) is 0 Å². The molecule has 1 N–H and O–H groups in total. The van der Waals surface area contributed by atoms with Crippen LogP contribution in [0, 0.1) is 0 Å². The van der Waals surface area contributed by atoms with Crippen molar-refractivity contribution in [2.24, 2.45) is 0 Å². The van der Waals surface area contributed by atoms with Gasteiger partial charge in [-0.25, -0.2) is 0 Å². The molecule has 25 heavy (non-hydrogen) atoms. The van der Waals surface area contributed by atoms with E-state index in [4.69, 9.17) is 4.74 Å². The molecule has 1 saturated heterocycles. The maximum atomic E-state index is 12.6. The number of carbonyl (C=O) groups is 2. The Morgan fingerprint density at radius 1 is 1.32 bits per heavy atom. The van der Waals surface area contributed by atoms with Gasteiger partial charge >= 0.3 is 0 Å². The lowest BCUT2D eigenvalue weighted by Gasteiger charge is -2.35. The Morgan fingerprint density at radius 3 is 2.76 bits per heavy atom. The van der Waals surface area contributed by atoms with Crippen LogP contribution in [-0.4, -0.2) is 42.5 Å². The maximum absolute atomic E-state index is 12.6. The third-order valence-corrected chi connectivity index (χ3v) is 4.50. The Bertz CT molecular complexity index is 583. The van der Waals surface area contributed by atoms with Crippen LogP contribution in [0.2, 0.25) is 0 Å². The van der Waals surface area contributed by atoms with Crippen molar-refractivity contribution < 1.29 is 14.3 Å². The minimum atomic E-state index is -0.228. The van der Waals surface area contributed by atoms with Crippen LogP contribution in [0.25, 0.3) is 0 Å². The van der Waals surface area contributed by atoms with Crippen molar-refractivity contribution in [1.82, 2.24) is 4.90 Å². The van der Waals surface area contributed by atoms with E-state index >= 15 is 0 Å². The third kappa shape index (κ3) is 6.02. The molecule has 1 aliphatic rings. The maximum Gasteiger partial charge on any atom is 0.247 e. The highest BCUT2D eigenvalue weighted by molar-refractivity contribution is 5.98. The van der Waals surface area contributed by atoms with Crippen LogP contribution in [0.4, 0.5) is 5.69 Å². The monoisotopic (exact) mass is 344 g/mol. The predicted octanol–water partition coefficient (Wildman–Crippen LogP) is 3.16. The Labute approximate surface area is 150 Å². The highest BCUT2D eigenvalue weighted by Gasteiger charge is 2.26. The second-order valence-corrected chi connectivity index (χ2v) is 6.29. The Morgan fingerprint density at radius 2 is 2.08 bits per heavy atom. The number of benzene rings is 1. The van der Waals surface area contributed by atoms with Crippen molar-refractivity contribution in [3.05, 3.63) is 42.5 Å². The van der Waals surface area contributed by atoms with E-state index in [1.807, 2.05) is 36.1 Å². The molecule has 2 amide bonds. The predicted molar refractivity (Wildman–Crippen MR) is 99.4 cm³/mol. The summed E-state index contributed by atoms with van der Waals surface area (Å²) in [6, 6.07) is 7.80. The molecule has 1 unspecified atom stereocenters. The first-order valence-corrected chi connectivity index (χ1v) is 9.03. The van der Waals surface area contributed by atoms with E-state index in [9.17, 15) is 9.59 Å². The van der Waals surface area contributed by atoms with Gasteiger partial charge in [0.05, 0.1) is 12.6 Å². The van der Waals surface area contributed by atoms with E-state index in [2.05, 4.69) is 11.9 Å². The van der Waals surface area contributed by atoms with Crippen LogP contribution in [0.3, 0.4) is 0 Å². The van der Waals surface area contributed by atoms with Crippen molar-refractivity contribution in [2.75, 3.05) is 25.1 Å². The fourth-order valence-corrected chi connectivity index (χ4v) is 3.10. The average molecular weight is 344 g/mol. The molecule has 1 fully saturated rings. The zero-order valence-corrected chi connectivity index (χ0v) is 15.0. The fourth-order valence-electron chi connectivity index (χ4n) is 3.10. The highest BCUT2D eigenvalue weighted by atomic mass is 16.5. The molecular weight excluding hydrogens is 316 g/mol. The largest absolute Gasteiger partial charge is 0.380 e. The van der Waals surface area contributed by atoms with Gasteiger partial charge in [-0.15, -0.1) is 0 Å². The number of hydrogen-bond donors (Lipinski definition) is 1. The van der Waals surface area contributed by atoms with E-state index in [0.29, 0.717) is 26.1 Å². The number of carbonyl (C=O) groups excluding carboxylic acids is 2. The first-order chi connectivity index (χ1) is 12.1. The molecular formula is C20H28N2O3. The summed E-state index contributed by atoms with van der Waals surface area (Å²) < 4.78 is 5.53. The number of nitrogens with one attached hydrogen (secondary N) is 1. The van der Waals surface area contributed by atoms with Gasteiger partial charge in [0.2, 0.25) is 11.8 Å². The SMILES string of the molecule is C=CC(=O)Nc1ccc(CCC(=O)N2CCCCC2COCC)cc1. The molecule has 5 nitrogen and oxygen atoms in total. The van der Waals surface area contributed by atoms with Crippen molar-refractivity contribution >= 4 is 17.5 Å². The molecule has 1 aliphatic heterocycles. The summed E-state index contributed by atoms with van der Waals surface area (Å²) in [6.45, 7) is 7.57. The summed E-state index contributed by atoms with van der Waals surface area (Å²) in [5.74, 6) is -0.0261. The molecule has 1 aromatic rings. The number of anilines is 1. The van der Waals surface area contributed by atoms with Crippen LogP contribution in [0.5, 0.6) is 0 Å². The lowest BCUT2D eigenvalue weighted by Crippen LogP contribution is -2.46. The van der Waals surface area contributed by atoms with Gasteiger partial charge in [-0.05, 0) is 56.4 Å². The van der Waals surface area contributed by atoms with Gasteiger partial charge in [0.1, 0.15) is 0 Å². The summed E-state index contributed by atoms with van der Waals surface area (Å²) in [6.07, 6.45) is 5.71. The van der Waals surface area contributed by atoms with Crippen molar-refractivity contribution in [3.63, 3.8) is 0 Å². The quantitative estimate of drug-likeness (QED) is 0.737. The number of hydrogen-bond acceptors (Lipinski definition) is 3. The molecule has 0 bridgehead atoms. The summed E-state index contributed by atoms with van der Waals surface area (Å²) in [5, 5.41) is 2.71. The van der Waals surface area contributed by atoms with E-state index in [-0.39, 0.29) is 17.9 Å². The zero-order chi connectivity index (χ0) is 18.1. The van der Waals surface area contributed by atoms with Crippen LogP contribution < -0.4 is 5.32 Å². The number of amides is 2. The molecule has 1 aromatic carbocycles. The molecule has 1 heterocycles. The number of aryl methyl sites for hydroxylation is 1. The van der Waals surface area contributed by atoms with Crippen molar-refractivity contribution in [3.8, 4) is 0 Å². The van der Waals surface area contributed by atoms with E-state index in [0.717, 1.165) is 30.6 Å². The molecule has 5 heteroatoms. The number of piperidine rings is 1. The van der Waals surface area contributed by atoms with Gasteiger partial charge in [-0.1, -0.05) is 18.7 Å². The first-order valence-electron chi connectivity index (χ1n) is 9.03. The van der Waals surface area contributed by atoms with Crippen LogP contribution in [-0.2, 0) is 20.7 Å². The molecule has 2 rings (SSSR count). The summed E-state index contributed by atoms with van der Waals surface area (Å²) >= 11 is 0. The van der Waals surface area contributed by atoms with E-state index in [1.54, 1.807) is 0 Å².